The molecule has 2 heterocycles. The lowest BCUT2D eigenvalue weighted by molar-refractivity contribution is 0.298. The quantitative estimate of drug-likeness (QED) is 0.158. The number of anilines is 1. The van der Waals surface area contributed by atoms with Crippen LogP contribution in [0.3, 0.4) is 0 Å². The van der Waals surface area contributed by atoms with Crippen LogP contribution in [-0.2, 0) is 13.0 Å². The maximum absolute atomic E-state index is 6.10. The molecule has 1 N–H and O–H groups in total. The molecule has 33 heavy (non-hydrogen) atoms. The van der Waals surface area contributed by atoms with Crippen LogP contribution in [0.5, 0.6) is 5.75 Å². The number of fused-ring (bicyclic) bond motifs is 2. The van der Waals surface area contributed by atoms with Gasteiger partial charge in [-0.1, -0.05) is 65.9 Å². The van der Waals surface area contributed by atoms with E-state index in [9.17, 15) is 0 Å². The maximum Gasteiger partial charge on any atom is 0.204 e. The fourth-order valence-corrected chi connectivity index (χ4v) is 4.68. The number of rotatable bonds is 9. The molecule has 0 saturated carbocycles. The van der Waals surface area contributed by atoms with Crippen molar-refractivity contribution in [3.63, 3.8) is 0 Å². The van der Waals surface area contributed by atoms with Crippen molar-refractivity contribution >= 4 is 43.8 Å². The SMILES string of the molecule is C=CCc1ccccc1OCCn1cc(/C=N\Nc2nc3ccccc3s2)c2ccccc21. The van der Waals surface area contributed by atoms with E-state index in [1.807, 2.05) is 54.8 Å². The molecule has 0 fully saturated rings. The maximum atomic E-state index is 6.10. The Kier molecular flexibility index (Phi) is 6.17. The molecule has 0 bridgehead atoms. The fraction of sp³-hybridized carbons (Fsp3) is 0.111. The van der Waals surface area contributed by atoms with Crippen LogP contribution in [0.15, 0.2) is 96.7 Å². The number of aromatic nitrogens is 2. The molecular formula is C27H24N4OS. The molecule has 6 heteroatoms. The molecule has 0 aliphatic rings. The number of hydrazone groups is 1. The van der Waals surface area contributed by atoms with E-state index in [1.165, 1.54) is 0 Å². The lowest BCUT2D eigenvalue weighted by Crippen LogP contribution is -2.08. The van der Waals surface area contributed by atoms with E-state index in [4.69, 9.17) is 4.74 Å². The summed E-state index contributed by atoms with van der Waals surface area (Å²) >= 11 is 1.59. The molecule has 3 aromatic carbocycles. The second-order valence-corrected chi connectivity index (χ2v) is 8.63. The Morgan fingerprint density at radius 2 is 1.85 bits per heavy atom. The first kappa shape index (κ1) is 21.0. The molecule has 2 aromatic heterocycles. The largest absolute Gasteiger partial charge is 0.491 e. The molecule has 5 nitrogen and oxygen atoms in total. The smallest absolute Gasteiger partial charge is 0.204 e. The first-order valence-electron chi connectivity index (χ1n) is 10.9. The average Bonchev–Trinajstić information content (AvgIpc) is 3.42. The zero-order valence-electron chi connectivity index (χ0n) is 18.1. The van der Waals surface area contributed by atoms with Gasteiger partial charge in [0.25, 0.3) is 0 Å². The standard InChI is InChI=1S/C27H24N4OS/c1-2-9-20-10-3-7-14-25(20)32-17-16-31-19-21(22-11-4-6-13-24(22)31)18-28-30-27-29-23-12-5-8-15-26(23)33-27/h2-8,10-15,18-19H,1,9,16-17H2,(H,29,30)/b28-18-. The number of benzene rings is 3. The Morgan fingerprint density at radius 3 is 2.76 bits per heavy atom. The number of nitrogens with one attached hydrogen (secondary N) is 1. The van der Waals surface area contributed by atoms with Crippen molar-refractivity contribution in [2.45, 2.75) is 13.0 Å². The highest BCUT2D eigenvalue weighted by molar-refractivity contribution is 7.22. The highest BCUT2D eigenvalue weighted by atomic mass is 32.1. The van der Waals surface area contributed by atoms with Gasteiger partial charge < -0.3 is 9.30 Å². The minimum Gasteiger partial charge on any atom is -0.491 e. The summed E-state index contributed by atoms with van der Waals surface area (Å²) in [4.78, 5) is 4.57. The van der Waals surface area contributed by atoms with E-state index >= 15 is 0 Å². The molecule has 5 aromatic rings. The molecule has 0 aliphatic heterocycles. The van der Waals surface area contributed by atoms with Crippen molar-refractivity contribution < 1.29 is 4.74 Å². The van der Waals surface area contributed by atoms with Crippen LogP contribution in [0.2, 0.25) is 0 Å². The zero-order chi connectivity index (χ0) is 22.5. The van der Waals surface area contributed by atoms with Gasteiger partial charge in [0, 0.05) is 22.7 Å². The third-order valence-electron chi connectivity index (χ3n) is 5.40. The third kappa shape index (κ3) is 4.66. The summed E-state index contributed by atoms with van der Waals surface area (Å²) in [6.07, 6.45) is 6.67. The normalized spacial score (nSPS) is 11.4. The van der Waals surface area contributed by atoms with E-state index < -0.39 is 0 Å². The van der Waals surface area contributed by atoms with Gasteiger partial charge in [-0.3, -0.25) is 5.43 Å². The highest BCUT2D eigenvalue weighted by Gasteiger charge is 2.08. The number of nitrogens with zero attached hydrogens (tertiary/aromatic N) is 3. The van der Waals surface area contributed by atoms with Gasteiger partial charge in [0.05, 0.1) is 23.0 Å². The summed E-state index contributed by atoms with van der Waals surface area (Å²) in [5, 5.41) is 6.38. The summed E-state index contributed by atoms with van der Waals surface area (Å²) in [7, 11) is 0. The van der Waals surface area contributed by atoms with Crippen LogP contribution >= 0.6 is 11.3 Å². The van der Waals surface area contributed by atoms with Gasteiger partial charge in [0.2, 0.25) is 5.13 Å². The molecule has 0 spiro atoms. The van der Waals surface area contributed by atoms with Gasteiger partial charge in [-0.25, -0.2) is 4.98 Å². The number of hydrogen-bond donors (Lipinski definition) is 1. The first-order valence-corrected chi connectivity index (χ1v) is 11.7. The van der Waals surface area contributed by atoms with E-state index in [0.29, 0.717) is 6.61 Å². The topological polar surface area (TPSA) is 51.4 Å². The van der Waals surface area contributed by atoms with Crippen molar-refractivity contribution in [3.05, 3.63) is 103 Å². The predicted octanol–water partition coefficient (Wildman–Crippen LogP) is 6.50. The number of para-hydroxylation sites is 3. The Bertz CT molecular complexity index is 1400. The minimum atomic E-state index is 0.577. The Morgan fingerprint density at radius 1 is 1.03 bits per heavy atom. The summed E-state index contributed by atoms with van der Waals surface area (Å²) < 4.78 is 9.45. The Hall–Kier alpha value is -3.90. The van der Waals surface area contributed by atoms with Crippen LogP contribution in [0.25, 0.3) is 21.1 Å². The minimum absolute atomic E-state index is 0.577. The average molecular weight is 453 g/mol. The van der Waals surface area contributed by atoms with Crippen LogP contribution in [-0.4, -0.2) is 22.4 Å². The van der Waals surface area contributed by atoms with E-state index in [0.717, 1.165) is 56.1 Å². The van der Waals surface area contributed by atoms with Crippen LogP contribution in [0.1, 0.15) is 11.1 Å². The number of ether oxygens (including phenoxy) is 1. The number of hydrogen-bond acceptors (Lipinski definition) is 5. The van der Waals surface area contributed by atoms with Crippen molar-refractivity contribution in [3.8, 4) is 5.75 Å². The molecule has 0 unspecified atom stereocenters. The molecule has 0 amide bonds. The highest BCUT2D eigenvalue weighted by Crippen LogP contribution is 2.26. The molecule has 164 valence electrons. The lowest BCUT2D eigenvalue weighted by atomic mass is 10.1. The lowest BCUT2D eigenvalue weighted by Gasteiger charge is -2.11. The zero-order valence-corrected chi connectivity index (χ0v) is 19.0. The molecule has 5 rings (SSSR count). The van der Waals surface area contributed by atoms with Crippen LogP contribution in [0.4, 0.5) is 5.13 Å². The summed E-state index contributed by atoms with van der Waals surface area (Å²) in [6, 6.07) is 24.5. The number of allylic oxidation sites excluding steroid dienone is 1. The molecular weight excluding hydrogens is 428 g/mol. The molecule has 0 radical (unpaired) electrons. The van der Waals surface area contributed by atoms with Gasteiger partial charge in [0.15, 0.2) is 0 Å². The van der Waals surface area contributed by atoms with Gasteiger partial charge in [-0.05, 0) is 36.2 Å². The Labute approximate surface area is 196 Å². The summed E-state index contributed by atoms with van der Waals surface area (Å²) in [6.45, 7) is 5.15. The van der Waals surface area contributed by atoms with Crippen molar-refractivity contribution in [2.75, 3.05) is 12.0 Å². The van der Waals surface area contributed by atoms with E-state index in [-0.39, 0.29) is 0 Å². The molecule has 0 saturated heterocycles. The van der Waals surface area contributed by atoms with Crippen molar-refractivity contribution in [1.29, 1.82) is 0 Å². The second kappa shape index (κ2) is 9.71. The monoisotopic (exact) mass is 452 g/mol. The van der Waals surface area contributed by atoms with Crippen LogP contribution < -0.4 is 10.2 Å². The van der Waals surface area contributed by atoms with Gasteiger partial charge in [-0.15, -0.1) is 6.58 Å². The summed E-state index contributed by atoms with van der Waals surface area (Å²) in [5.41, 5.74) is 7.41. The van der Waals surface area contributed by atoms with E-state index in [1.54, 1.807) is 11.3 Å². The Balaban J connectivity index is 1.30. The third-order valence-corrected chi connectivity index (χ3v) is 6.34. The van der Waals surface area contributed by atoms with Gasteiger partial charge >= 0.3 is 0 Å². The van der Waals surface area contributed by atoms with Crippen molar-refractivity contribution in [1.82, 2.24) is 9.55 Å². The van der Waals surface area contributed by atoms with Gasteiger partial charge in [-0.2, -0.15) is 5.10 Å². The first-order chi connectivity index (χ1) is 16.3. The molecule has 0 atom stereocenters. The number of thiazole rings is 1. The van der Waals surface area contributed by atoms with Crippen LogP contribution in [0, 0.1) is 0 Å². The second-order valence-electron chi connectivity index (χ2n) is 7.60. The summed E-state index contributed by atoms with van der Waals surface area (Å²) in [5.74, 6) is 0.913. The van der Waals surface area contributed by atoms with Crippen molar-refractivity contribution in [2.24, 2.45) is 5.10 Å². The van der Waals surface area contributed by atoms with E-state index in [2.05, 4.69) is 63.2 Å². The fourth-order valence-electron chi connectivity index (χ4n) is 3.86. The predicted molar refractivity (Wildman–Crippen MR) is 139 cm³/mol. The molecule has 0 aliphatic carbocycles. The van der Waals surface area contributed by atoms with Gasteiger partial charge in [0.1, 0.15) is 12.4 Å².